The number of amides is 1. The summed E-state index contributed by atoms with van der Waals surface area (Å²) in [5.74, 6) is -0.362. The highest BCUT2D eigenvalue weighted by molar-refractivity contribution is 9.10. The molecule has 0 bridgehead atoms. The monoisotopic (exact) mass is 343 g/mol. The van der Waals surface area contributed by atoms with Crippen LogP contribution in [0.1, 0.15) is 32.4 Å². The van der Waals surface area contributed by atoms with Crippen molar-refractivity contribution >= 4 is 33.9 Å². The smallest absolute Gasteiger partial charge is 0.331 e. The Morgan fingerprint density at radius 3 is 2.85 bits per heavy atom. The van der Waals surface area contributed by atoms with E-state index in [0.29, 0.717) is 10.4 Å². The average Bonchev–Trinajstić information content (AvgIpc) is 2.80. The molecule has 1 atom stereocenters. The number of nitrogens with one attached hydrogen (secondary N) is 1. The number of esters is 1. The molecule has 0 aliphatic rings. The summed E-state index contributed by atoms with van der Waals surface area (Å²) in [4.78, 5) is 22.9. The van der Waals surface area contributed by atoms with E-state index in [-0.39, 0.29) is 18.6 Å². The second-order valence-corrected chi connectivity index (χ2v) is 5.12. The van der Waals surface area contributed by atoms with Gasteiger partial charge in [0.15, 0.2) is 11.3 Å². The van der Waals surface area contributed by atoms with E-state index in [1.54, 1.807) is 12.1 Å². The van der Waals surface area contributed by atoms with E-state index in [0.717, 1.165) is 12.8 Å². The third-order valence-corrected chi connectivity index (χ3v) is 2.88. The first kappa shape index (κ1) is 16.5. The summed E-state index contributed by atoms with van der Waals surface area (Å²) in [6, 6.07) is 3.50. The zero-order valence-corrected chi connectivity index (χ0v) is 13.1. The molecule has 6 heteroatoms. The van der Waals surface area contributed by atoms with Crippen LogP contribution in [0, 0.1) is 0 Å². The average molecular weight is 344 g/mol. The van der Waals surface area contributed by atoms with E-state index in [1.807, 2.05) is 13.8 Å². The number of carbonyl (C=O) groups excluding carboxylic acids is 2. The molecule has 0 radical (unpaired) electrons. The van der Waals surface area contributed by atoms with Crippen molar-refractivity contribution in [3.05, 3.63) is 28.6 Å². The number of hydrogen-bond acceptors (Lipinski definition) is 4. The Kier molecular flexibility index (Phi) is 7.08. The van der Waals surface area contributed by atoms with E-state index >= 15 is 0 Å². The summed E-state index contributed by atoms with van der Waals surface area (Å²) in [7, 11) is 0. The summed E-state index contributed by atoms with van der Waals surface area (Å²) >= 11 is 3.15. The van der Waals surface area contributed by atoms with Gasteiger partial charge in [-0.25, -0.2) is 4.79 Å². The van der Waals surface area contributed by atoms with Crippen molar-refractivity contribution < 1.29 is 18.7 Å². The maximum absolute atomic E-state index is 11.5. The number of hydrogen-bond donors (Lipinski definition) is 1. The third kappa shape index (κ3) is 6.56. The number of furan rings is 1. The van der Waals surface area contributed by atoms with Crippen molar-refractivity contribution in [2.75, 3.05) is 6.61 Å². The lowest BCUT2D eigenvalue weighted by atomic mass is 10.2. The van der Waals surface area contributed by atoms with Crippen LogP contribution >= 0.6 is 15.9 Å². The largest absolute Gasteiger partial charge is 0.452 e. The van der Waals surface area contributed by atoms with Crippen molar-refractivity contribution in [1.82, 2.24) is 5.32 Å². The SMILES string of the molecule is CCCC(C)NC(=O)COC(=O)/C=C/c1ccc(Br)o1. The van der Waals surface area contributed by atoms with Gasteiger partial charge < -0.3 is 14.5 Å². The molecule has 5 nitrogen and oxygen atoms in total. The zero-order valence-electron chi connectivity index (χ0n) is 11.5. The fourth-order valence-corrected chi connectivity index (χ4v) is 1.89. The van der Waals surface area contributed by atoms with Crippen LogP contribution in [0.2, 0.25) is 0 Å². The lowest BCUT2D eigenvalue weighted by Gasteiger charge is -2.12. The first-order valence-electron chi connectivity index (χ1n) is 6.40. The lowest BCUT2D eigenvalue weighted by Crippen LogP contribution is -2.35. The quantitative estimate of drug-likeness (QED) is 0.610. The molecule has 1 heterocycles. The number of rotatable bonds is 7. The van der Waals surface area contributed by atoms with Gasteiger partial charge in [0.25, 0.3) is 5.91 Å². The van der Waals surface area contributed by atoms with Gasteiger partial charge in [-0.1, -0.05) is 13.3 Å². The van der Waals surface area contributed by atoms with Crippen LogP contribution < -0.4 is 5.32 Å². The van der Waals surface area contributed by atoms with Crippen LogP contribution in [0.3, 0.4) is 0 Å². The van der Waals surface area contributed by atoms with E-state index in [4.69, 9.17) is 9.15 Å². The Balaban J connectivity index is 2.29. The van der Waals surface area contributed by atoms with Gasteiger partial charge in [0.2, 0.25) is 0 Å². The third-order valence-electron chi connectivity index (χ3n) is 2.45. The van der Waals surface area contributed by atoms with Crippen LogP contribution in [0.4, 0.5) is 0 Å². The van der Waals surface area contributed by atoms with Crippen LogP contribution in [-0.4, -0.2) is 24.5 Å². The number of ether oxygens (including phenoxy) is 1. The molecule has 1 rings (SSSR count). The second-order valence-electron chi connectivity index (χ2n) is 4.34. The first-order valence-corrected chi connectivity index (χ1v) is 7.20. The van der Waals surface area contributed by atoms with Gasteiger partial charge in [0, 0.05) is 12.1 Å². The van der Waals surface area contributed by atoms with Crippen LogP contribution in [0.5, 0.6) is 0 Å². The first-order chi connectivity index (χ1) is 9.51. The van der Waals surface area contributed by atoms with E-state index in [9.17, 15) is 9.59 Å². The zero-order chi connectivity index (χ0) is 15.0. The summed E-state index contributed by atoms with van der Waals surface area (Å²) in [5.41, 5.74) is 0. The highest BCUT2D eigenvalue weighted by atomic mass is 79.9. The molecule has 0 fully saturated rings. The number of carbonyl (C=O) groups is 2. The predicted molar refractivity (Wildman–Crippen MR) is 78.9 cm³/mol. The Labute approximate surface area is 126 Å². The molecule has 0 saturated carbocycles. The molecule has 0 aliphatic carbocycles. The highest BCUT2D eigenvalue weighted by Crippen LogP contribution is 2.14. The minimum absolute atomic E-state index is 0.0854. The minimum atomic E-state index is -0.587. The summed E-state index contributed by atoms with van der Waals surface area (Å²) in [6.45, 7) is 3.68. The number of halogens is 1. The molecule has 0 aromatic carbocycles. The van der Waals surface area contributed by atoms with Gasteiger partial charge in [-0.3, -0.25) is 4.79 Å². The van der Waals surface area contributed by atoms with Gasteiger partial charge in [-0.15, -0.1) is 0 Å². The molecule has 1 aromatic rings. The van der Waals surface area contributed by atoms with Crippen molar-refractivity contribution in [2.45, 2.75) is 32.7 Å². The van der Waals surface area contributed by atoms with E-state index in [2.05, 4.69) is 21.2 Å². The van der Waals surface area contributed by atoms with E-state index < -0.39 is 5.97 Å². The lowest BCUT2D eigenvalue weighted by molar-refractivity contribution is -0.144. The second kappa shape index (κ2) is 8.58. The minimum Gasteiger partial charge on any atom is -0.452 e. The van der Waals surface area contributed by atoms with Crippen LogP contribution in [0.25, 0.3) is 6.08 Å². The topological polar surface area (TPSA) is 68.5 Å². The Morgan fingerprint density at radius 1 is 1.50 bits per heavy atom. The normalized spacial score (nSPS) is 12.3. The Hall–Kier alpha value is -1.56. The Morgan fingerprint density at radius 2 is 2.25 bits per heavy atom. The molecule has 1 aromatic heterocycles. The molecule has 1 N–H and O–H groups in total. The molecule has 1 unspecified atom stereocenters. The van der Waals surface area contributed by atoms with Crippen molar-refractivity contribution in [1.29, 1.82) is 0 Å². The Bertz CT molecular complexity index is 481. The van der Waals surface area contributed by atoms with Gasteiger partial charge >= 0.3 is 5.97 Å². The maximum atomic E-state index is 11.5. The van der Waals surface area contributed by atoms with Crippen molar-refractivity contribution in [2.24, 2.45) is 0 Å². The molecule has 0 saturated heterocycles. The summed E-state index contributed by atoms with van der Waals surface area (Å²) in [5, 5.41) is 2.75. The molecule has 110 valence electrons. The molecule has 0 aliphatic heterocycles. The van der Waals surface area contributed by atoms with Crippen LogP contribution in [0.15, 0.2) is 27.3 Å². The van der Waals surface area contributed by atoms with E-state index in [1.165, 1.54) is 12.2 Å². The van der Waals surface area contributed by atoms with Gasteiger partial charge in [0.1, 0.15) is 5.76 Å². The molecule has 20 heavy (non-hydrogen) atoms. The van der Waals surface area contributed by atoms with Gasteiger partial charge in [0.05, 0.1) is 0 Å². The molecular weight excluding hydrogens is 326 g/mol. The predicted octanol–water partition coefficient (Wildman–Crippen LogP) is 2.90. The molecule has 0 spiro atoms. The summed E-state index contributed by atoms with van der Waals surface area (Å²) < 4.78 is 10.6. The van der Waals surface area contributed by atoms with Gasteiger partial charge in [-0.2, -0.15) is 0 Å². The molecule has 1 amide bonds. The highest BCUT2D eigenvalue weighted by Gasteiger charge is 2.08. The summed E-state index contributed by atoms with van der Waals surface area (Å²) in [6.07, 6.45) is 4.58. The van der Waals surface area contributed by atoms with Crippen molar-refractivity contribution in [3.8, 4) is 0 Å². The fourth-order valence-electron chi connectivity index (χ4n) is 1.57. The maximum Gasteiger partial charge on any atom is 0.331 e. The molecular formula is C14H18BrNO4. The van der Waals surface area contributed by atoms with Gasteiger partial charge in [-0.05, 0) is 47.5 Å². The standard InChI is InChI=1S/C14H18BrNO4/c1-3-4-10(2)16-13(17)9-19-14(18)8-6-11-5-7-12(15)20-11/h5-8,10H,3-4,9H2,1-2H3,(H,16,17)/b8-6+. The van der Waals surface area contributed by atoms with Crippen LogP contribution in [-0.2, 0) is 14.3 Å². The van der Waals surface area contributed by atoms with Crippen molar-refractivity contribution in [3.63, 3.8) is 0 Å². The fraction of sp³-hybridized carbons (Fsp3) is 0.429.